The van der Waals surface area contributed by atoms with Crippen molar-refractivity contribution in [2.75, 3.05) is 18.6 Å². The average molecular weight is 131 g/mol. The van der Waals surface area contributed by atoms with Gasteiger partial charge >= 0.3 is 0 Å². The fourth-order valence-electron chi connectivity index (χ4n) is 1.10. The Morgan fingerprint density at radius 2 is 2.62 bits per heavy atom. The van der Waals surface area contributed by atoms with E-state index in [0.717, 1.165) is 6.04 Å². The molecule has 0 aromatic rings. The number of hydrogen-bond acceptors (Lipinski definition) is 2. The fraction of sp³-hybridized carbons (Fsp3) is 1.00. The van der Waals surface area contributed by atoms with Crippen molar-refractivity contribution in [1.29, 1.82) is 0 Å². The summed E-state index contributed by atoms with van der Waals surface area (Å²) in [6.07, 6.45) is 4.94. The highest BCUT2D eigenvalue weighted by Gasteiger charge is 2.11. The van der Waals surface area contributed by atoms with Gasteiger partial charge in [-0.15, -0.1) is 0 Å². The Morgan fingerprint density at radius 3 is 3.12 bits per heavy atom. The van der Waals surface area contributed by atoms with Crippen LogP contribution in [0.3, 0.4) is 0 Å². The van der Waals surface area contributed by atoms with Crippen LogP contribution in [0.5, 0.6) is 0 Å². The van der Waals surface area contributed by atoms with Crippen LogP contribution >= 0.6 is 11.8 Å². The molecule has 1 rings (SSSR count). The molecule has 0 amide bonds. The zero-order valence-corrected chi connectivity index (χ0v) is 6.13. The summed E-state index contributed by atoms with van der Waals surface area (Å²) in [5, 5.41) is 3.44. The van der Waals surface area contributed by atoms with E-state index in [0.29, 0.717) is 0 Å². The van der Waals surface area contributed by atoms with Gasteiger partial charge in [0.2, 0.25) is 0 Å². The molecule has 0 aromatic heterocycles. The Labute approximate surface area is 55.2 Å². The Bertz CT molecular complexity index is 59.5. The molecule has 1 heterocycles. The summed E-state index contributed by atoms with van der Waals surface area (Å²) in [6, 6.07) is 0.824. The molecule has 0 aromatic carbocycles. The molecule has 1 N–H and O–H groups in total. The molecule has 1 nitrogen and oxygen atoms in total. The summed E-state index contributed by atoms with van der Waals surface area (Å²) in [5.41, 5.74) is 0. The van der Waals surface area contributed by atoms with Crippen molar-refractivity contribution in [3.8, 4) is 0 Å². The third-order valence-corrected chi connectivity index (χ3v) is 2.27. The van der Waals surface area contributed by atoms with E-state index in [4.69, 9.17) is 0 Å². The number of thioether (sulfide) groups is 1. The second kappa shape index (κ2) is 3.36. The summed E-state index contributed by atoms with van der Waals surface area (Å²) < 4.78 is 0. The first-order valence-corrected chi connectivity index (χ1v) is 4.55. The van der Waals surface area contributed by atoms with E-state index in [9.17, 15) is 0 Å². The zero-order chi connectivity index (χ0) is 5.82. The van der Waals surface area contributed by atoms with Crippen molar-refractivity contribution in [1.82, 2.24) is 5.32 Å². The Kier molecular flexibility index (Phi) is 2.70. The summed E-state index contributed by atoms with van der Waals surface area (Å²) in [4.78, 5) is 0. The normalized spacial score (nSPS) is 28.9. The lowest BCUT2D eigenvalue weighted by molar-refractivity contribution is 0.674. The van der Waals surface area contributed by atoms with Gasteiger partial charge in [-0.3, -0.25) is 0 Å². The van der Waals surface area contributed by atoms with Crippen LogP contribution in [0.15, 0.2) is 0 Å². The summed E-state index contributed by atoms with van der Waals surface area (Å²) in [7, 11) is 0. The largest absolute Gasteiger partial charge is 0.313 e. The van der Waals surface area contributed by atoms with E-state index in [1.54, 1.807) is 0 Å². The van der Waals surface area contributed by atoms with E-state index in [1.165, 1.54) is 25.1 Å². The number of nitrogens with one attached hydrogen (secondary N) is 1. The lowest BCUT2D eigenvalue weighted by atomic mass is 10.3. The molecule has 2 heteroatoms. The highest BCUT2D eigenvalue weighted by atomic mass is 32.2. The standard InChI is InChI=1S/C6H13NS/c1-8-5-6-3-2-4-7-6/h6-7H,2-5H2,1H3/t6-/m0/s1. The minimum Gasteiger partial charge on any atom is -0.313 e. The van der Waals surface area contributed by atoms with E-state index in [-0.39, 0.29) is 0 Å². The van der Waals surface area contributed by atoms with Crippen LogP contribution in [0.4, 0.5) is 0 Å². The van der Waals surface area contributed by atoms with Gasteiger partial charge < -0.3 is 5.32 Å². The number of rotatable bonds is 2. The van der Waals surface area contributed by atoms with E-state index in [1.807, 2.05) is 11.8 Å². The first-order valence-electron chi connectivity index (χ1n) is 3.16. The molecule has 1 aliphatic heterocycles. The smallest absolute Gasteiger partial charge is 0.0158 e. The van der Waals surface area contributed by atoms with Crippen LogP contribution in [0.2, 0.25) is 0 Å². The van der Waals surface area contributed by atoms with Crippen molar-refractivity contribution < 1.29 is 0 Å². The van der Waals surface area contributed by atoms with Gasteiger partial charge in [0.15, 0.2) is 0 Å². The molecule has 0 unspecified atom stereocenters. The van der Waals surface area contributed by atoms with Crippen molar-refractivity contribution in [2.45, 2.75) is 18.9 Å². The maximum absolute atomic E-state index is 3.44. The van der Waals surface area contributed by atoms with Gasteiger partial charge in [0.05, 0.1) is 0 Å². The van der Waals surface area contributed by atoms with Crippen LogP contribution in [-0.2, 0) is 0 Å². The van der Waals surface area contributed by atoms with Gasteiger partial charge in [0.25, 0.3) is 0 Å². The molecule has 1 aliphatic rings. The zero-order valence-electron chi connectivity index (χ0n) is 5.31. The molecule has 1 fully saturated rings. The lowest BCUT2D eigenvalue weighted by Gasteiger charge is -2.05. The molecule has 0 saturated carbocycles. The monoisotopic (exact) mass is 131 g/mol. The second-order valence-electron chi connectivity index (χ2n) is 2.25. The topological polar surface area (TPSA) is 12.0 Å². The van der Waals surface area contributed by atoms with Crippen LogP contribution < -0.4 is 5.32 Å². The van der Waals surface area contributed by atoms with Crippen LogP contribution in [0.25, 0.3) is 0 Å². The molecule has 1 saturated heterocycles. The maximum Gasteiger partial charge on any atom is 0.0158 e. The van der Waals surface area contributed by atoms with Gasteiger partial charge in [-0.25, -0.2) is 0 Å². The molecule has 0 spiro atoms. The Hall–Kier alpha value is 0.310. The van der Waals surface area contributed by atoms with Gasteiger partial charge in [0.1, 0.15) is 0 Å². The Morgan fingerprint density at radius 1 is 1.75 bits per heavy atom. The van der Waals surface area contributed by atoms with Crippen molar-refractivity contribution >= 4 is 11.8 Å². The molecular formula is C6H13NS. The molecule has 0 aliphatic carbocycles. The predicted molar refractivity (Wildman–Crippen MR) is 39.4 cm³/mol. The van der Waals surface area contributed by atoms with Crippen molar-refractivity contribution in [2.24, 2.45) is 0 Å². The third-order valence-electron chi connectivity index (χ3n) is 1.53. The third kappa shape index (κ3) is 1.67. The van der Waals surface area contributed by atoms with Crippen molar-refractivity contribution in [3.63, 3.8) is 0 Å². The fourth-order valence-corrected chi connectivity index (χ4v) is 1.79. The van der Waals surface area contributed by atoms with Gasteiger partial charge in [0, 0.05) is 11.8 Å². The van der Waals surface area contributed by atoms with E-state index < -0.39 is 0 Å². The molecule has 1 atom stereocenters. The number of hydrogen-bond donors (Lipinski definition) is 1. The van der Waals surface area contributed by atoms with Gasteiger partial charge in [-0.2, -0.15) is 11.8 Å². The predicted octanol–water partition coefficient (Wildman–Crippen LogP) is 1.10. The molecule has 48 valence electrons. The lowest BCUT2D eigenvalue weighted by Crippen LogP contribution is -2.23. The summed E-state index contributed by atoms with van der Waals surface area (Å²) >= 11 is 1.94. The molecule has 0 radical (unpaired) electrons. The highest BCUT2D eigenvalue weighted by Crippen LogP contribution is 2.08. The average Bonchev–Trinajstić information content (AvgIpc) is 2.19. The van der Waals surface area contributed by atoms with Gasteiger partial charge in [-0.05, 0) is 25.6 Å². The Balaban J connectivity index is 2.06. The maximum atomic E-state index is 3.44. The van der Waals surface area contributed by atoms with Crippen LogP contribution in [0.1, 0.15) is 12.8 Å². The summed E-state index contributed by atoms with van der Waals surface area (Å²) in [6.45, 7) is 1.24. The SMILES string of the molecule is CSC[C@@H]1CCCN1. The molecule has 0 bridgehead atoms. The quantitative estimate of drug-likeness (QED) is 0.602. The second-order valence-corrected chi connectivity index (χ2v) is 3.16. The first kappa shape index (κ1) is 6.43. The van der Waals surface area contributed by atoms with E-state index >= 15 is 0 Å². The van der Waals surface area contributed by atoms with Crippen molar-refractivity contribution in [3.05, 3.63) is 0 Å². The molecule has 8 heavy (non-hydrogen) atoms. The molecular weight excluding hydrogens is 118 g/mol. The van der Waals surface area contributed by atoms with Crippen LogP contribution in [0, 0.1) is 0 Å². The minimum absolute atomic E-state index is 0.824. The first-order chi connectivity index (χ1) is 3.93. The van der Waals surface area contributed by atoms with Gasteiger partial charge in [-0.1, -0.05) is 0 Å². The summed E-state index contributed by atoms with van der Waals surface area (Å²) in [5.74, 6) is 1.29. The highest BCUT2D eigenvalue weighted by molar-refractivity contribution is 7.98. The van der Waals surface area contributed by atoms with E-state index in [2.05, 4.69) is 11.6 Å². The minimum atomic E-state index is 0.824. The van der Waals surface area contributed by atoms with Crippen LogP contribution in [-0.4, -0.2) is 24.6 Å².